The largest absolute Gasteiger partial charge is 0.496 e. The van der Waals surface area contributed by atoms with Crippen molar-refractivity contribution in [3.63, 3.8) is 0 Å². The van der Waals surface area contributed by atoms with Gasteiger partial charge in [0.25, 0.3) is 5.91 Å². The van der Waals surface area contributed by atoms with Crippen LogP contribution in [0.3, 0.4) is 0 Å². The van der Waals surface area contributed by atoms with Crippen molar-refractivity contribution >= 4 is 28.8 Å². The number of benzene rings is 2. The van der Waals surface area contributed by atoms with Crippen LogP contribution in [0.15, 0.2) is 47.4 Å². The number of hydrogen-bond donors (Lipinski definition) is 1. The van der Waals surface area contributed by atoms with E-state index < -0.39 is 0 Å². The molecule has 3 aromatic rings. The molecule has 1 heterocycles. The molecule has 158 valence electrons. The molecule has 1 N–H and O–H groups in total. The lowest BCUT2D eigenvalue weighted by molar-refractivity contribution is 0.0954. The van der Waals surface area contributed by atoms with Crippen molar-refractivity contribution in [1.29, 1.82) is 0 Å². The molecule has 2 aromatic carbocycles. The lowest BCUT2D eigenvalue weighted by Gasteiger charge is -2.10. The van der Waals surface area contributed by atoms with Gasteiger partial charge in [0.2, 0.25) is 0 Å². The number of amides is 1. The predicted octanol–water partition coefficient (Wildman–Crippen LogP) is 3.57. The van der Waals surface area contributed by atoms with E-state index in [2.05, 4.69) is 5.32 Å². The topological polar surface area (TPSA) is 78.8 Å². The zero-order valence-corrected chi connectivity index (χ0v) is 18.3. The fourth-order valence-electron chi connectivity index (χ4n) is 2.90. The molecule has 9 heteroatoms. The predicted molar refractivity (Wildman–Crippen MR) is 116 cm³/mol. The third kappa shape index (κ3) is 4.95. The average Bonchev–Trinajstić information content (AvgIpc) is 3.12. The number of hydrogen-bond acceptors (Lipinski definition) is 6. The Kier molecular flexibility index (Phi) is 7.02. The molecule has 0 aliphatic carbocycles. The highest BCUT2D eigenvalue weighted by atomic mass is 35.5. The Bertz CT molecular complexity index is 1110. The Morgan fingerprint density at radius 2 is 1.73 bits per heavy atom. The number of thiazole rings is 1. The quantitative estimate of drug-likeness (QED) is 0.570. The van der Waals surface area contributed by atoms with Gasteiger partial charge in [-0.15, -0.1) is 0 Å². The first-order valence-corrected chi connectivity index (χ1v) is 10.2. The summed E-state index contributed by atoms with van der Waals surface area (Å²) in [5.41, 5.74) is 1.60. The van der Waals surface area contributed by atoms with Crippen LogP contribution >= 0.6 is 22.9 Å². The molecule has 0 unspecified atom stereocenters. The molecule has 1 aromatic heterocycles. The zero-order chi connectivity index (χ0) is 21.7. The molecular weight excluding hydrogens is 428 g/mol. The van der Waals surface area contributed by atoms with E-state index in [0.29, 0.717) is 27.1 Å². The molecule has 30 heavy (non-hydrogen) atoms. The smallest absolute Gasteiger partial charge is 0.308 e. The lowest BCUT2D eigenvalue weighted by atomic mass is 10.2. The van der Waals surface area contributed by atoms with Crippen molar-refractivity contribution in [3.05, 3.63) is 73.3 Å². The molecule has 0 atom stereocenters. The monoisotopic (exact) mass is 448 g/mol. The van der Waals surface area contributed by atoms with Crippen molar-refractivity contribution < 1.29 is 19.0 Å². The summed E-state index contributed by atoms with van der Waals surface area (Å²) in [5.74, 6) is 1.48. The van der Waals surface area contributed by atoms with Crippen LogP contribution in [0.4, 0.5) is 0 Å². The second-order valence-electron chi connectivity index (χ2n) is 6.32. The Labute approximate surface area is 182 Å². The first-order chi connectivity index (χ1) is 14.4. The second kappa shape index (κ2) is 9.69. The SMILES string of the molecule is COc1ccc(Cl)cc1Cn1cc(C(=O)NCc2ccc(OC)c(OC)c2)sc1=O. The maximum Gasteiger partial charge on any atom is 0.308 e. The van der Waals surface area contributed by atoms with E-state index >= 15 is 0 Å². The minimum Gasteiger partial charge on any atom is -0.496 e. The number of nitrogens with one attached hydrogen (secondary N) is 1. The number of ether oxygens (including phenoxy) is 3. The fraction of sp³-hybridized carbons (Fsp3) is 0.238. The van der Waals surface area contributed by atoms with Gasteiger partial charge in [-0.3, -0.25) is 9.59 Å². The summed E-state index contributed by atoms with van der Waals surface area (Å²) in [6.07, 6.45) is 1.54. The maximum atomic E-state index is 12.5. The molecule has 0 saturated heterocycles. The maximum absolute atomic E-state index is 12.5. The Balaban J connectivity index is 1.71. The van der Waals surface area contributed by atoms with Crippen LogP contribution in [-0.4, -0.2) is 31.8 Å². The van der Waals surface area contributed by atoms with Crippen molar-refractivity contribution in [1.82, 2.24) is 9.88 Å². The van der Waals surface area contributed by atoms with Crippen LogP contribution in [-0.2, 0) is 13.1 Å². The van der Waals surface area contributed by atoms with E-state index in [1.54, 1.807) is 51.7 Å². The molecule has 3 rings (SSSR count). The van der Waals surface area contributed by atoms with Crippen molar-refractivity contribution in [2.45, 2.75) is 13.1 Å². The van der Waals surface area contributed by atoms with E-state index in [-0.39, 0.29) is 23.9 Å². The van der Waals surface area contributed by atoms with Crippen LogP contribution in [0.2, 0.25) is 5.02 Å². The molecular formula is C21H21ClN2O5S. The molecule has 0 saturated carbocycles. The molecule has 0 radical (unpaired) electrons. The van der Waals surface area contributed by atoms with Crippen LogP contribution < -0.4 is 24.4 Å². The Morgan fingerprint density at radius 3 is 2.43 bits per heavy atom. The van der Waals surface area contributed by atoms with E-state index in [0.717, 1.165) is 22.5 Å². The van der Waals surface area contributed by atoms with Crippen molar-refractivity contribution in [2.24, 2.45) is 0 Å². The zero-order valence-electron chi connectivity index (χ0n) is 16.7. The highest BCUT2D eigenvalue weighted by Gasteiger charge is 2.14. The van der Waals surface area contributed by atoms with Gasteiger partial charge in [-0.25, -0.2) is 0 Å². The van der Waals surface area contributed by atoms with Crippen molar-refractivity contribution in [3.8, 4) is 17.2 Å². The van der Waals surface area contributed by atoms with Gasteiger partial charge in [-0.05, 0) is 35.9 Å². The van der Waals surface area contributed by atoms with E-state index in [4.69, 9.17) is 25.8 Å². The van der Waals surface area contributed by atoms with Gasteiger partial charge < -0.3 is 24.1 Å². The van der Waals surface area contributed by atoms with Gasteiger partial charge >= 0.3 is 4.87 Å². The summed E-state index contributed by atoms with van der Waals surface area (Å²) >= 11 is 6.94. The molecule has 7 nitrogen and oxygen atoms in total. The first-order valence-electron chi connectivity index (χ1n) is 8.97. The average molecular weight is 449 g/mol. The van der Waals surface area contributed by atoms with Gasteiger partial charge in [-0.2, -0.15) is 0 Å². The number of methoxy groups -OCH3 is 3. The number of carbonyl (C=O) groups is 1. The number of aromatic nitrogens is 1. The van der Waals surface area contributed by atoms with Gasteiger partial charge in [-0.1, -0.05) is 29.0 Å². The van der Waals surface area contributed by atoms with E-state index in [9.17, 15) is 9.59 Å². The summed E-state index contributed by atoms with van der Waals surface area (Å²) in [6, 6.07) is 10.6. The number of carbonyl (C=O) groups excluding carboxylic acids is 1. The van der Waals surface area contributed by atoms with Gasteiger partial charge in [0.05, 0.1) is 27.9 Å². The number of halogens is 1. The van der Waals surface area contributed by atoms with Gasteiger partial charge in [0.1, 0.15) is 10.6 Å². The van der Waals surface area contributed by atoms with Crippen molar-refractivity contribution in [2.75, 3.05) is 21.3 Å². The first kappa shape index (κ1) is 21.7. The molecule has 1 amide bonds. The molecule has 0 spiro atoms. The van der Waals surface area contributed by atoms with E-state index in [1.807, 2.05) is 6.07 Å². The summed E-state index contributed by atoms with van der Waals surface area (Å²) in [5, 5.41) is 3.36. The number of nitrogens with zero attached hydrogens (tertiary/aromatic N) is 1. The van der Waals surface area contributed by atoms with Gasteiger partial charge in [0.15, 0.2) is 11.5 Å². The molecule has 0 aliphatic rings. The highest BCUT2D eigenvalue weighted by molar-refractivity contribution is 7.11. The minimum atomic E-state index is -0.330. The minimum absolute atomic E-state index is 0.242. The van der Waals surface area contributed by atoms with E-state index in [1.165, 1.54) is 10.8 Å². The lowest BCUT2D eigenvalue weighted by Crippen LogP contribution is -2.22. The van der Waals surface area contributed by atoms with Gasteiger partial charge in [0, 0.05) is 23.3 Å². The third-order valence-electron chi connectivity index (χ3n) is 4.41. The number of rotatable bonds is 8. The Morgan fingerprint density at radius 1 is 1.03 bits per heavy atom. The van der Waals surface area contributed by atoms with Crippen LogP contribution in [0.5, 0.6) is 17.2 Å². The molecule has 0 fully saturated rings. The van der Waals surface area contributed by atoms with Crippen LogP contribution in [0, 0.1) is 0 Å². The Hall–Kier alpha value is -2.97. The molecule has 0 aliphatic heterocycles. The summed E-state index contributed by atoms with van der Waals surface area (Å²) in [4.78, 5) is 25.0. The summed E-state index contributed by atoms with van der Waals surface area (Å²) < 4.78 is 17.3. The third-order valence-corrected chi connectivity index (χ3v) is 5.57. The normalized spacial score (nSPS) is 10.5. The fourth-order valence-corrected chi connectivity index (χ4v) is 3.86. The van der Waals surface area contributed by atoms with Crippen LogP contribution in [0.25, 0.3) is 0 Å². The van der Waals surface area contributed by atoms with Crippen LogP contribution in [0.1, 0.15) is 20.8 Å². The molecule has 0 bridgehead atoms. The summed E-state index contributed by atoms with van der Waals surface area (Å²) in [7, 11) is 4.66. The highest BCUT2D eigenvalue weighted by Crippen LogP contribution is 2.27. The second-order valence-corrected chi connectivity index (χ2v) is 7.75. The summed E-state index contributed by atoms with van der Waals surface area (Å²) in [6.45, 7) is 0.537. The standard InChI is InChI=1S/C21H21ClN2O5S/c1-27-16-7-5-15(22)9-14(16)11-24-12-19(30-21(24)26)20(25)23-10-13-4-6-17(28-2)18(8-13)29-3/h4-9,12H,10-11H2,1-3H3,(H,23,25).